The maximum absolute atomic E-state index is 12.3. The molecule has 0 saturated carbocycles. The molecule has 1 amide bonds. The van der Waals surface area contributed by atoms with Crippen molar-refractivity contribution in [1.29, 1.82) is 0 Å². The van der Waals surface area contributed by atoms with Crippen LogP contribution in [0.5, 0.6) is 0 Å². The summed E-state index contributed by atoms with van der Waals surface area (Å²) >= 11 is 7.23. The van der Waals surface area contributed by atoms with E-state index in [9.17, 15) is 9.59 Å². The third-order valence-electron chi connectivity index (χ3n) is 4.16. The number of ether oxygens (including phenoxy) is 1. The summed E-state index contributed by atoms with van der Waals surface area (Å²) in [6.07, 6.45) is 3.67. The highest BCUT2D eigenvalue weighted by molar-refractivity contribution is 7.14. The van der Waals surface area contributed by atoms with Crippen LogP contribution in [-0.4, -0.2) is 23.0 Å². The third kappa shape index (κ3) is 4.38. The fraction of sp³-hybridized carbons (Fsp3) is 0.389. The minimum absolute atomic E-state index is 0.359. The molecule has 0 unspecified atom stereocenters. The Kier molecular flexibility index (Phi) is 5.39. The number of amides is 1. The number of nitrogens with zero attached hydrogens (tertiary/aromatic N) is 1. The van der Waals surface area contributed by atoms with E-state index in [-0.39, 0.29) is 0 Å². The lowest BCUT2D eigenvalue weighted by Gasteiger charge is -2.16. The van der Waals surface area contributed by atoms with E-state index in [1.54, 1.807) is 19.1 Å². The molecule has 0 aliphatic heterocycles. The Morgan fingerprint density at radius 1 is 1.44 bits per heavy atom. The molecule has 0 aromatic carbocycles. The van der Waals surface area contributed by atoms with E-state index in [0.717, 1.165) is 19.3 Å². The fourth-order valence-electron chi connectivity index (χ4n) is 2.76. The Hall–Kier alpha value is -1.92. The number of rotatable bonds is 4. The summed E-state index contributed by atoms with van der Waals surface area (Å²) < 4.78 is 5.30. The van der Waals surface area contributed by atoms with Gasteiger partial charge in [0, 0.05) is 11.1 Å². The molecule has 0 spiro atoms. The van der Waals surface area contributed by atoms with Gasteiger partial charge in [-0.25, -0.2) is 9.78 Å². The number of fused-ring (bicyclic) bond motifs is 1. The highest BCUT2D eigenvalue weighted by Crippen LogP contribution is 2.32. The minimum atomic E-state index is -0.914. The normalized spacial score (nSPS) is 17.5. The van der Waals surface area contributed by atoms with E-state index < -0.39 is 18.0 Å². The largest absolute Gasteiger partial charge is 0.448 e. The number of aryl methyl sites for hydroxylation is 1. The summed E-state index contributed by atoms with van der Waals surface area (Å²) in [5.74, 6) is 0.109. The van der Waals surface area contributed by atoms with Gasteiger partial charge < -0.3 is 10.1 Å². The number of aromatic nitrogens is 1. The van der Waals surface area contributed by atoms with Crippen LogP contribution in [-0.2, 0) is 22.4 Å². The number of hydrogen-bond acceptors (Lipinski definition) is 5. The molecule has 2 atom stereocenters. The third-order valence-corrected chi connectivity index (χ3v) is 5.60. The van der Waals surface area contributed by atoms with Crippen molar-refractivity contribution in [2.45, 2.75) is 39.2 Å². The maximum Gasteiger partial charge on any atom is 0.349 e. The zero-order chi connectivity index (χ0) is 18.0. The number of nitrogens with one attached hydrogen (secondary N) is 1. The molecule has 2 aromatic rings. The number of carbonyl (C=O) groups is 2. The van der Waals surface area contributed by atoms with Gasteiger partial charge in [-0.3, -0.25) is 4.79 Å². The van der Waals surface area contributed by atoms with Crippen molar-refractivity contribution in [2.24, 2.45) is 5.92 Å². The second kappa shape index (κ2) is 7.54. The Bertz CT molecular complexity index is 788. The second-order valence-electron chi connectivity index (χ2n) is 6.31. The molecule has 25 heavy (non-hydrogen) atoms. The summed E-state index contributed by atoms with van der Waals surface area (Å²) in [5.41, 5.74) is 1.23. The molecule has 2 aromatic heterocycles. The Labute approximate surface area is 155 Å². The van der Waals surface area contributed by atoms with Gasteiger partial charge in [-0.1, -0.05) is 18.5 Å². The van der Waals surface area contributed by atoms with Crippen LogP contribution < -0.4 is 5.32 Å². The number of halogens is 1. The summed E-state index contributed by atoms with van der Waals surface area (Å²) in [6, 6.07) is 5.12. The van der Waals surface area contributed by atoms with Crippen LogP contribution in [0.4, 0.5) is 5.82 Å². The first-order valence-corrected chi connectivity index (χ1v) is 9.37. The van der Waals surface area contributed by atoms with Crippen molar-refractivity contribution in [1.82, 2.24) is 4.98 Å². The van der Waals surface area contributed by atoms with Gasteiger partial charge in [-0.05, 0) is 55.9 Å². The van der Waals surface area contributed by atoms with Crippen LogP contribution in [0.2, 0.25) is 5.02 Å². The molecular weight excluding hydrogens is 360 g/mol. The predicted molar refractivity (Wildman–Crippen MR) is 98.3 cm³/mol. The van der Waals surface area contributed by atoms with Crippen LogP contribution in [0.1, 0.15) is 40.4 Å². The Balaban J connectivity index is 1.60. The zero-order valence-electron chi connectivity index (χ0n) is 14.0. The maximum atomic E-state index is 12.3. The van der Waals surface area contributed by atoms with E-state index in [1.807, 2.05) is 6.07 Å². The van der Waals surface area contributed by atoms with Gasteiger partial charge in [0.05, 0.1) is 5.02 Å². The van der Waals surface area contributed by atoms with E-state index in [2.05, 4.69) is 17.2 Å². The lowest BCUT2D eigenvalue weighted by atomic mass is 9.90. The molecule has 0 radical (unpaired) electrons. The Morgan fingerprint density at radius 3 is 2.96 bits per heavy atom. The Morgan fingerprint density at radius 2 is 2.24 bits per heavy atom. The van der Waals surface area contributed by atoms with Crippen molar-refractivity contribution in [2.75, 3.05) is 5.32 Å². The summed E-state index contributed by atoms with van der Waals surface area (Å²) in [4.78, 5) is 30.3. The van der Waals surface area contributed by atoms with E-state index in [4.69, 9.17) is 16.3 Å². The average Bonchev–Trinajstić information content (AvgIpc) is 3.00. The smallest absolute Gasteiger partial charge is 0.349 e. The van der Waals surface area contributed by atoms with E-state index in [0.29, 0.717) is 21.6 Å². The molecular formula is C18H19ClN2O3S. The number of anilines is 1. The van der Waals surface area contributed by atoms with Crippen LogP contribution >= 0.6 is 22.9 Å². The first-order chi connectivity index (χ1) is 11.9. The monoisotopic (exact) mass is 378 g/mol. The van der Waals surface area contributed by atoms with Crippen LogP contribution in [0.25, 0.3) is 0 Å². The summed E-state index contributed by atoms with van der Waals surface area (Å²) in [7, 11) is 0. The number of carbonyl (C=O) groups excluding carboxylic acids is 2. The lowest BCUT2D eigenvalue weighted by molar-refractivity contribution is -0.123. The first kappa shape index (κ1) is 17.9. The molecule has 0 fully saturated rings. The number of esters is 1. The van der Waals surface area contributed by atoms with Gasteiger partial charge in [0.15, 0.2) is 6.10 Å². The predicted octanol–water partition coefficient (Wildman–Crippen LogP) is 4.11. The highest BCUT2D eigenvalue weighted by atomic mass is 35.5. The van der Waals surface area contributed by atoms with Crippen molar-refractivity contribution in [3.05, 3.63) is 44.7 Å². The van der Waals surface area contributed by atoms with Gasteiger partial charge in [0.1, 0.15) is 10.7 Å². The molecule has 0 saturated heterocycles. The lowest BCUT2D eigenvalue weighted by Crippen LogP contribution is -2.30. The SMILES string of the molecule is C[C@@H]1CCc2sc(C(=O)O[C@H](C)C(=O)Nc3ccc(Cl)cn3)cc2C1. The van der Waals surface area contributed by atoms with E-state index in [1.165, 1.54) is 28.0 Å². The van der Waals surface area contributed by atoms with Gasteiger partial charge >= 0.3 is 5.97 Å². The van der Waals surface area contributed by atoms with Crippen LogP contribution in [0.3, 0.4) is 0 Å². The van der Waals surface area contributed by atoms with E-state index >= 15 is 0 Å². The molecule has 1 aliphatic rings. The fourth-order valence-corrected chi connectivity index (χ4v) is 3.96. The van der Waals surface area contributed by atoms with Crippen LogP contribution in [0.15, 0.2) is 24.4 Å². The van der Waals surface area contributed by atoms with Crippen molar-refractivity contribution < 1.29 is 14.3 Å². The van der Waals surface area contributed by atoms with Crippen LogP contribution in [0, 0.1) is 5.92 Å². The van der Waals surface area contributed by atoms with Crippen molar-refractivity contribution >= 4 is 40.6 Å². The number of thiophene rings is 1. The molecule has 0 bridgehead atoms. The highest BCUT2D eigenvalue weighted by Gasteiger charge is 2.24. The van der Waals surface area contributed by atoms with Gasteiger partial charge in [-0.2, -0.15) is 0 Å². The van der Waals surface area contributed by atoms with Gasteiger partial charge in [-0.15, -0.1) is 11.3 Å². The average molecular weight is 379 g/mol. The molecule has 7 heteroatoms. The van der Waals surface area contributed by atoms with Crippen molar-refractivity contribution in [3.8, 4) is 0 Å². The molecule has 3 rings (SSSR count). The number of pyridine rings is 1. The standard InChI is InChI=1S/C18H19ClN2O3S/c1-10-3-5-14-12(7-10)8-15(25-14)18(23)24-11(2)17(22)21-16-6-4-13(19)9-20-16/h4,6,8-11H,3,5,7H2,1-2H3,(H,20,21,22)/t10-,11-/m1/s1. The molecule has 132 valence electrons. The van der Waals surface area contributed by atoms with Gasteiger partial charge in [0.25, 0.3) is 5.91 Å². The molecule has 1 N–H and O–H groups in total. The molecule has 2 heterocycles. The first-order valence-electron chi connectivity index (χ1n) is 8.17. The van der Waals surface area contributed by atoms with Gasteiger partial charge in [0.2, 0.25) is 0 Å². The quantitative estimate of drug-likeness (QED) is 0.813. The van der Waals surface area contributed by atoms with Crippen molar-refractivity contribution in [3.63, 3.8) is 0 Å². The minimum Gasteiger partial charge on any atom is -0.448 e. The molecule has 5 nitrogen and oxygen atoms in total. The zero-order valence-corrected chi connectivity index (χ0v) is 15.6. The summed E-state index contributed by atoms with van der Waals surface area (Å²) in [5, 5.41) is 3.08. The second-order valence-corrected chi connectivity index (χ2v) is 7.88. The number of hydrogen-bond donors (Lipinski definition) is 1. The summed E-state index contributed by atoms with van der Waals surface area (Å²) in [6.45, 7) is 3.76. The topological polar surface area (TPSA) is 68.3 Å². The molecule has 1 aliphatic carbocycles.